The fourth-order valence-electron chi connectivity index (χ4n) is 6.10. The van der Waals surface area contributed by atoms with Crippen LogP contribution in [-0.2, 0) is 17.9 Å². The molecule has 0 unspecified atom stereocenters. The van der Waals surface area contributed by atoms with E-state index >= 15 is 0 Å². The summed E-state index contributed by atoms with van der Waals surface area (Å²) in [7, 11) is 1.57. The molecule has 3 aromatic rings. The zero-order valence-electron chi connectivity index (χ0n) is 23.7. The number of piperidine rings is 2. The van der Waals surface area contributed by atoms with E-state index in [9.17, 15) is 9.59 Å². The number of rotatable bonds is 7. The molecule has 0 atom stereocenters. The van der Waals surface area contributed by atoms with Gasteiger partial charge < -0.3 is 19.1 Å². The van der Waals surface area contributed by atoms with Crippen molar-refractivity contribution >= 4 is 29.3 Å². The molecule has 0 bridgehead atoms. The summed E-state index contributed by atoms with van der Waals surface area (Å²) < 4.78 is 17.3. The number of para-hydroxylation sites is 1. The van der Waals surface area contributed by atoms with Gasteiger partial charge in [-0.05, 0) is 49.9 Å². The quantitative estimate of drug-likeness (QED) is 0.334. The van der Waals surface area contributed by atoms with E-state index in [2.05, 4.69) is 9.88 Å². The summed E-state index contributed by atoms with van der Waals surface area (Å²) in [5.41, 5.74) is 3.45. The van der Waals surface area contributed by atoms with Gasteiger partial charge >= 0.3 is 6.09 Å². The van der Waals surface area contributed by atoms with Crippen LogP contribution in [0, 0.1) is 0 Å². The molecule has 0 spiro atoms. The number of pyridine rings is 1. The maximum absolute atomic E-state index is 13.5. The molecular weight excluding hydrogens is 556 g/mol. The molecule has 4 heterocycles. The standard InChI is InChI=1S/C32H35ClN4O5/c1-40-29-19-26(42-25-12-15-35(16-13-25)20-22-6-4-14-34-30(22)33)8-9-27(29)31(38)36-17-10-24(11-18-36)37-28-7-3-2-5-23(28)21-41-32(37)39/h2-9,14,19,24-25H,10-13,15-18,20-21H2,1H3. The van der Waals surface area contributed by atoms with Crippen LogP contribution in [-0.4, -0.2) is 72.2 Å². The number of cyclic esters (lactones) is 1. The minimum Gasteiger partial charge on any atom is -0.496 e. The van der Waals surface area contributed by atoms with E-state index in [1.54, 1.807) is 24.3 Å². The molecule has 2 saturated heterocycles. The third-order valence-corrected chi connectivity index (χ3v) is 8.73. The Bertz CT molecular complexity index is 1440. The summed E-state index contributed by atoms with van der Waals surface area (Å²) in [6, 6.07) is 17.2. The van der Waals surface area contributed by atoms with Gasteiger partial charge in [-0.2, -0.15) is 0 Å². The first-order chi connectivity index (χ1) is 20.5. The number of ether oxygens (including phenoxy) is 3. The van der Waals surface area contributed by atoms with Gasteiger partial charge in [-0.3, -0.25) is 14.6 Å². The molecule has 3 aliphatic heterocycles. The van der Waals surface area contributed by atoms with Crippen LogP contribution in [0.2, 0.25) is 5.15 Å². The molecule has 2 aromatic carbocycles. The zero-order valence-corrected chi connectivity index (χ0v) is 24.5. The summed E-state index contributed by atoms with van der Waals surface area (Å²) >= 11 is 6.23. The zero-order chi connectivity index (χ0) is 29.1. The monoisotopic (exact) mass is 590 g/mol. The second kappa shape index (κ2) is 12.6. The Morgan fingerprint density at radius 1 is 1.02 bits per heavy atom. The van der Waals surface area contributed by atoms with Gasteiger partial charge in [0.2, 0.25) is 0 Å². The molecule has 0 aliphatic carbocycles. The van der Waals surface area contributed by atoms with E-state index in [4.69, 9.17) is 25.8 Å². The number of halogens is 1. The lowest BCUT2D eigenvalue weighted by atomic mass is 10.00. The molecular formula is C32H35ClN4O5. The van der Waals surface area contributed by atoms with E-state index in [1.165, 1.54) is 0 Å². The SMILES string of the molecule is COc1cc(OC2CCN(Cc3cccnc3Cl)CC2)ccc1C(=O)N1CCC(N2C(=O)OCc3ccccc32)CC1. The maximum Gasteiger partial charge on any atom is 0.414 e. The van der Waals surface area contributed by atoms with Crippen molar-refractivity contribution < 1.29 is 23.8 Å². The van der Waals surface area contributed by atoms with Crippen molar-refractivity contribution in [2.75, 3.05) is 38.2 Å². The summed E-state index contributed by atoms with van der Waals surface area (Å²) in [5, 5.41) is 0.555. The van der Waals surface area contributed by atoms with Crippen molar-refractivity contribution in [3.8, 4) is 11.5 Å². The topological polar surface area (TPSA) is 84.4 Å². The largest absolute Gasteiger partial charge is 0.496 e. The number of nitrogens with zero attached hydrogens (tertiary/aromatic N) is 4. The lowest BCUT2D eigenvalue weighted by molar-refractivity contribution is 0.0705. The van der Waals surface area contributed by atoms with Crippen molar-refractivity contribution in [3.63, 3.8) is 0 Å². The maximum atomic E-state index is 13.5. The number of aromatic nitrogens is 1. The van der Waals surface area contributed by atoms with Gasteiger partial charge in [0.25, 0.3) is 5.91 Å². The van der Waals surface area contributed by atoms with E-state index in [0.29, 0.717) is 54.8 Å². The van der Waals surface area contributed by atoms with Gasteiger partial charge in [-0.25, -0.2) is 9.78 Å². The van der Waals surface area contributed by atoms with Crippen LogP contribution in [0.25, 0.3) is 0 Å². The second-order valence-electron chi connectivity index (χ2n) is 11.0. The summed E-state index contributed by atoms with van der Waals surface area (Å²) in [6.07, 6.45) is 4.60. The number of hydrogen-bond acceptors (Lipinski definition) is 7. The Hall–Kier alpha value is -3.82. The van der Waals surface area contributed by atoms with Crippen LogP contribution in [0.4, 0.5) is 10.5 Å². The molecule has 9 nitrogen and oxygen atoms in total. The van der Waals surface area contributed by atoms with Gasteiger partial charge in [0.05, 0.1) is 18.4 Å². The predicted octanol–water partition coefficient (Wildman–Crippen LogP) is 5.55. The smallest absolute Gasteiger partial charge is 0.414 e. The molecule has 0 saturated carbocycles. The number of benzene rings is 2. The number of hydrogen-bond donors (Lipinski definition) is 0. The predicted molar refractivity (Wildman–Crippen MR) is 159 cm³/mol. The highest BCUT2D eigenvalue weighted by Crippen LogP contribution is 2.33. The third kappa shape index (κ3) is 6.03. The summed E-state index contributed by atoms with van der Waals surface area (Å²) in [6.45, 7) is 3.96. The average Bonchev–Trinajstić information content (AvgIpc) is 3.03. The number of fused-ring (bicyclic) bond motifs is 1. The Balaban J connectivity index is 1.04. The number of anilines is 1. The number of carbonyl (C=O) groups is 2. The molecule has 10 heteroatoms. The van der Waals surface area contributed by atoms with Crippen LogP contribution in [0.3, 0.4) is 0 Å². The molecule has 6 rings (SSSR count). The third-order valence-electron chi connectivity index (χ3n) is 8.39. The molecule has 1 aromatic heterocycles. The highest BCUT2D eigenvalue weighted by atomic mass is 35.5. The van der Waals surface area contributed by atoms with E-state index < -0.39 is 0 Å². The lowest BCUT2D eigenvalue weighted by Crippen LogP contribution is -2.50. The Morgan fingerprint density at radius 2 is 1.81 bits per heavy atom. The number of carbonyl (C=O) groups excluding carboxylic acids is 2. The van der Waals surface area contributed by atoms with Gasteiger partial charge in [-0.15, -0.1) is 0 Å². The first kappa shape index (κ1) is 28.3. The van der Waals surface area contributed by atoms with Crippen LogP contribution >= 0.6 is 11.6 Å². The number of likely N-dealkylation sites (tertiary alicyclic amines) is 2. The van der Waals surface area contributed by atoms with Crippen LogP contribution in [0.1, 0.15) is 47.2 Å². The van der Waals surface area contributed by atoms with Gasteiger partial charge in [0, 0.05) is 62.2 Å². The molecule has 2 fully saturated rings. The Morgan fingerprint density at radius 3 is 2.57 bits per heavy atom. The highest BCUT2D eigenvalue weighted by Gasteiger charge is 2.35. The van der Waals surface area contributed by atoms with Crippen molar-refractivity contribution in [1.82, 2.24) is 14.8 Å². The summed E-state index contributed by atoms with van der Waals surface area (Å²) in [4.78, 5) is 36.3. The first-order valence-corrected chi connectivity index (χ1v) is 14.9. The van der Waals surface area contributed by atoms with E-state index in [-0.39, 0.29) is 24.1 Å². The second-order valence-corrected chi connectivity index (χ2v) is 11.3. The fraction of sp³-hybridized carbons (Fsp3) is 0.406. The number of methoxy groups -OCH3 is 1. The Labute approximate surface area is 250 Å². The lowest BCUT2D eigenvalue weighted by Gasteiger charge is -2.40. The van der Waals surface area contributed by atoms with Crippen LogP contribution in [0.15, 0.2) is 60.8 Å². The van der Waals surface area contributed by atoms with E-state index in [1.807, 2.05) is 53.4 Å². The normalized spacial score (nSPS) is 18.4. The van der Waals surface area contributed by atoms with Crippen molar-refractivity contribution in [3.05, 3.63) is 82.6 Å². The first-order valence-electron chi connectivity index (χ1n) is 14.5. The van der Waals surface area contributed by atoms with E-state index in [0.717, 1.165) is 49.3 Å². The van der Waals surface area contributed by atoms with Crippen molar-refractivity contribution in [1.29, 1.82) is 0 Å². The van der Waals surface area contributed by atoms with Gasteiger partial charge in [-0.1, -0.05) is 35.9 Å². The highest BCUT2D eigenvalue weighted by molar-refractivity contribution is 6.30. The Kier molecular flexibility index (Phi) is 8.48. The molecule has 2 amide bonds. The van der Waals surface area contributed by atoms with Crippen molar-refractivity contribution in [2.24, 2.45) is 0 Å². The minimum absolute atomic E-state index is 0.0200. The number of amides is 2. The molecule has 42 heavy (non-hydrogen) atoms. The molecule has 220 valence electrons. The van der Waals surface area contributed by atoms with Crippen LogP contribution < -0.4 is 14.4 Å². The molecule has 0 radical (unpaired) electrons. The molecule has 3 aliphatic rings. The minimum atomic E-state index is -0.320. The molecule has 0 N–H and O–H groups in total. The van der Waals surface area contributed by atoms with Crippen LogP contribution in [0.5, 0.6) is 11.5 Å². The summed E-state index contributed by atoms with van der Waals surface area (Å²) in [5.74, 6) is 1.11. The van der Waals surface area contributed by atoms with Crippen molar-refractivity contribution in [2.45, 2.75) is 51.0 Å². The van der Waals surface area contributed by atoms with Gasteiger partial charge in [0.1, 0.15) is 29.4 Å². The van der Waals surface area contributed by atoms with Gasteiger partial charge in [0.15, 0.2) is 0 Å². The fourth-order valence-corrected chi connectivity index (χ4v) is 6.28. The average molecular weight is 591 g/mol.